The van der Waals surface area contributed by atoms with Crippen LogP contribution in [0.2, 0.25) is 0 Å². The van der Waals surface area contributed by atoms with Gasteiger partial charge in [0.25, 0.3) is 0 Å². The summed E-state index contributed by atoms with van der Waals surface area (Å²) < 4.78 is 54.1. The Morgan fingerprint density at radius 3 is 2.49 bits per heavy atom. The van der Waals surface area contributed by atoms with E-state index in [2.05, 4.69) is 34.1 Å². The second-order valence-corrected chi connectivity index (χ2v) is 12.3. The summed E-state index contributed by atoms with van der Waals surface area (Å²) in [6.45, 7) is 4.34. The number of nitrogens with zero attached hydrogens (tertiary/aromatic N) is 6. The van der Waals surface area contributed by atoms with Crippen LogP contribution in [-0.2, 0) is 21.8 Å². The lowest BCUT2D eigenvalue weighted by Crippen LogP contribution is -2.35. The SMILES string of the molecule is CC[C@H]1CC[C@](CC)(c2cccc(-c3ncnn3CCS(C)(=O)=O)n2)c2nnc(-c3c(F)cccc3F)cc21. The molecule has 0 saturated carbocycles. The highest BCUT2D eigenvalue weighted by Gasteiger charge is 2.43. The summed E-state index contributed by atoms with van der Waals surface area (Å²) in [5.41, 5.74) is 2.50. The fourth-order valence-electron chi connectivity index (χ4n) is 5.55. The first kappa shape index (κ1) is 27.0. The molecule has 0 fully saturated rings. The molecule has 1 aliphatic carbocycles. The summed E-state index contributed by atoms with van der Waals surface area (Å²) in [6, 6.07) is 11.2. The number of aryl methyl sites for hydroxylation is 1. The van der Waals surface area contributed by atoms with Gasteiger partial charge in [-0.15, -0.1) is 5.10 Å². The van der Waals surface area contributed by atoms with Crippen molar-refractivity contribution in [2.45, 2.75) is 57.4 Å². The minimum Gasteiger partial charge on any atom is -0.248 e. The molecule has 1 aliphatic rings. The largest absolute Gasteiger partial charge is 0.248 e. The Bertz CT molecular complexity index is 1600. The van der Waals surface area contributed by atoms with Crippen LogP contribution in [0.1, 0.15) is 62.4 Å². The molecule has 0 unspecified atom stereocenters. The minimum absolute atomic E-state index is 0.0613. The first-order valence-electron chi connectivity index (χ1n) is 13.0. The van der Waals surface area contributed by atoms with Crippen LogP contribution in [0.4, 0.5) is 8.78 Å². The second kappa shape index (κ2) is 10.5. The molecular formula is C28H30F2N6O2S. The van der Waals surface area contributed by atoms with Gasteiger partial charge in [0, 0.05) is 6.26 Å². The van der Waals surface area contributed by atoms with Crippen LogP contribution < -0.4 is 0 Å². The molecule has 39 heavy (non-hydrogen) atoms. The molecule has 0 bridgehead atoms. The van der Waals surface area contributed by atoms with Gasteiger partial charge in [0.15, 0.2) is 5.82 Å². The Labute approximate surface area is 226 Å². The van der Waals surface area contributed by atoms with Crippen molar-refractivity contribution in [3.8, 4) is 22.8 Å². The standard InChI is InChI=1S/C28H30F2N6O2S/c1-4-18-12-13-28(5-2,26-19(18)16-23(34-35-26)25-20(29)8-6-9-21(25)30)24-11-7-10-22(33-24)27-31-17-32-36(27)14-15-39(3,37)38/h6-11,16-18H,4-5,12-15H2,1-3H3/t18-,28+/m0/s1. The Balaban J connectivity index is 1.60. The van der Waals surface area contributed by atoms with E-state index >= 15 is 0 Å². The van der Waals surface area contributed by atoms with E-state index in [1.165, 1.54) is 30.8 Å². The van der Waals surface area contributed by atoms with Crippen LogP contribution in [0.3, 0.4) is 0 Å². The zero-order chi connectivity index (χ0) is 27.8. The molecule has 0 N–H and O–H groups in total. The van der Waals surface area contributed by atoms with Gasteiger partial charge in [0.1, 0.15) is 33.5 Å². The van der Waals surface area contributed by atoms with Gasteiger partial charge >= 0.3 is 0 Å². The quantitative estimate of drug-likeness (QED) is 0.299. The third kappa shape index (κ3) is 5.07. The zero-order valence-corrected chi connectivity index (χ0v) is 22.9. The molecule has 3 heterocycles. The third-order valence-electron chi connectivity index (χ3n) is 7.71. The van der Waals surface area contributed by atoms with Gasteiger partial charge in [-0.2, -0.15) is 10.2 Å². The van der Waals surface area contributed by atoms with Gasteiger partial charge in [-0.1, -0.05) is 26.0 Å². The maximum Gasteiger partial charge on any atom is 0.176 e. The van der Waals surface area contributed by atoms with Gasteiger partial charge in [0.05, 0.1) is 40.4 Å². The van der Waals surface area contributed by atoms with Gasteiger partial charge in [-0.05, 0) is 67.5 Å². The van der Waals surface area contributed by atoms with E-state index in [4.69, 9.17) is 4.98 Å². The van der Waals surface area contributed by atoms with Gasteiger partial charge in [-0.3, -0.25) is 0 Å². The summed E-state index contributed by atoms with van der Waals surface area (Å²) in [7, 11) is -3.18. The van der Waals surface area contributed by atoms with Crippen molar-refractivity contribution in [1.29, 1.82) is 0 Å². The molecule has 0 radical (unpaired) electrons. The molecule has 0 saturated heterocycles. The van der Waals surface area contributed by atoms with Gasteiger partial charge < -0.3 is 0 Å². The zero-order valence-electron chi connectivity index (χ0n) is 22.1. The molecule has 4 aromatic rings. The van der Waals surface area contributed by atoms with Crippen molar-refractivity contribution in [2.24, 2.45) is 0 Å². The smallest absolute Gasteiger partial charge is 0.176 e. The van der Waals surface area contributed by atoms with Gasteiger partial charge in [-0.25, -0.2) is 31.8 Å². The molecule has 0 aliphatic heterocycles. The van der Waals surface area contributed by atoms with Crippen molar-refractivity contribution in [2.75, 3.05) is 12.0 Å². The Kier molecular flexibility index (Phi) is 7.28. The van der Waals surface area contributed by atoms with E-state index < -0.39 is 26.9 Å². The predicted molar refractivity (Wildman–Crippen MR) is 144 cm³/mol. The molecule has 3 aromatic heterocycles. The number of rotatable bonds is 8. The highest BCUT2D eigenvalue weighted by atomic mass is 32.2. The number of halogens is 2. The lowest BCUT2D eigenvalue weighted by Gasteiger charge is -2.40. The number of pyridine rings is 1. The average Bonchev–Trinajstić information content (AvgIpc) is 3.40. The molecule has 0 amide bonds. The number of benzene rings is 1. The van der Waals surface area contributed by atoms with Crippen molar-refractivity contribution in [3.05, 3.63) is 77.4 Å². The normalized spacial score (nSPS) is 19.2. The van der Waals surface area contributed by atoms with Crippen LogP contribution in [0.25, 0.3) is 22.8 Å². The minimum atomic E-state index is -3.18. The maximum atomic E-state index is 14.6. The number of hydrogen-bond donors (Lipinski definition) is 0. The molecule has 11 heteroatoms. The van der Waals surface area contributed by atoms with Crippen LogP contribution in [0.5, 0.6) is 0 Å². The highest BCUT2D eigenvalue weighted by Crippen LogP contribution is 2.49. The number of sulfone groups is 1. The second-order valence-electron chi connectivity index (χ2n) is 10.1. The molecule has 1 aromatic carbocycles. The monoisotopic (exact) mass is 552 g/mol. The number of aromatic nitrogens is 6. The summed E-state index contributed by atoms with van der Waals surface area (Å²) in [5, 5.41) is 13.1. The Morgan fingerprint density at radius 2 is 1.79 bits per heavy atom. The Hall–Kier alpha value is -3.60. The average molecular weight is 553 g/mol. The first-order chi connectivity index (χ1) is 18.7. The predicted octanol–water partition coefficient (Wildman–Crippen LogP) is 5.10. The van der Waals surface area contributed by atoms with Crippen molar-refractivity contribution in [3.63, 3.8) is 0 Å². The van der Waals surface area contributed by atoms with Gasteiger partial charge in [0.2, 0.25) is 0 Å². The summed E-state index contributed by atoms with van der Waals surface area (Å²) in [4.78, 5) is 9.33. The van der Waals surface area contributed by atoms with Crippen molar-refractivity contribution in [1.82, 2.24) is 29.9 Å². The van der Waals surface area contributed by atoms with E-state index in [9.17, 15) is 17.2 Å². The summed E-state index contributed by atoms with van der Waals surface area (Å²) in [5.74, 6) is -0.765. The molecule has 8 nitrogen and oxygen atoms in total. The lowest BCUT2D eigenvalue weighted by molar-refractivity contribution is 0.353. The molecule has 204 valence electrons. The highest BCUT2D eigenvalue weighted by molar-refractivity contribution is 7.90. The van der Waals surface area contributed by atoms with E-state index in [1.54, 1.807) is 10.7 Å². The fraction of sp³-hybridized carbons (Fsp3) is 0.393. The summed E-state index contributed by atoms with van der Waals surface area (Å²) in [6.07, 6.45) is 5.76. The molecule has 2 atom stereocenters. The fourth-order valence-corrected chi connectivity index (χ4v) is 6.06. The van der Waals surface area contributed by atoms with Crippen LogP contribution in [0, 0.1) is 11.6 Å². The van der Waals surface area contributed by atoms with Crippen molar-refractivity contribution < 1.29 is 17.2 Å². The van der Waals surface area contributed by atoms with Crippen molar-refractivity contribution >= 4 is 9.84 Å². The van der Waals surface area contributed by atoms with Crippen LogP contribution in [-0.4, -0.2) is 50.4 Å². The molecule has 5 rings (SSSR count). The summed E-state index contributed by atoms with van der Waals surface area (Å²) >= 11 is 0. The maximum absolute atomic E-state index is 14.6. The van der Waals surface area contributed by atoms with Crippen LogP contribution >= 0.6 is 0 Å². The number of hydrogen-bond acceptors (Lipinski definition) is 7. The Morgan fingerprint density at radius 1 is 1.05 bits per heavy atom. The van der Waals surface area contributed by atoms with E-state index in [0.717, 1.165) is 36.2 Å². The lowest BCUT2D eigenvalue weighted by atomic mass is 9.65. The third-order valence-corrected chi connectivity index (χ3v) is 8.63. The van der Waals surface area contributed by atoms with E-state index in [1.807, 2.05) is 18.2 Å². The molecular weight excluding hydrogens is 522 g/mol. The van der Waals surface area contributed by atoms with Crippen LogP contribution in [0.15, 0.2) is 48.8 Å². The molecule has 0 spiro atoms. The van der Waals surface area contributed by atoms with E-state index in [0.29, 0.717) is 17.9 Å². The number of fused-ring (bicyclic) bond motifs is 1. The first-order valence-corrected chi connectivity index (χ1v) is 15.1. The van der Waals surface area contributed by atoms with E-state index in [-0.39, 0.29) is 29.5 Å². The topological polar surface area (TPSA) is 104 Å².